The Morgan fingerprint density at radius 3 is 0.838 bits per heavy atom. The third-order valence-electron chi connectivity index (χ3n) is 13.6. The summed E-state index contributed by atoms with van der Waals surface area (Å²) in [7, 11) is 0. The summed E-state index contributed by atoms with van der Waals surface area (Å²) in [4.78, 5) is 37.9. The maximum atomic E-state index is 12.8. The second-order valence-electron chi connectivity index (χ2n) is 20.9. The van der Waals surface area contributed by atoms with E-state index in [1.54, 1.807) is 0 Å². The summed E-state index contributed by atoms with van der Waals surface area (Å²) >= 11 is 0. The first-order valence-corrected chi connectivity index (χ1v) is 31.6. The van der Waals surface area contributed by atoms with Crippen LogP contribution in [0.2, 0.25) is 0 Å². The summed E-state index contributed by atoms with van der Waals surface area (Å²) in [5, 5.41) is 0. The molecule has 0 saturated heterocycles. The van der Waals surface area contributed by atoms with Crippen molar-refractivity contribution in [2.45, 2.75) is 316 Å². The number of ether oxygens (including phenoxy) is 3. The van der Waals surface area contributed by atoms with Crippen molar-refractivity contribution in [2.24, 2.45) is 0 Å². The minimum Gasteiger partial charge on any atom is -0.462 e. The molecule has 0 aromatic carbocycles. The molecule has 1 unspecified atom stereocenters. The van der Waals surface area contributed by atoms with Crippen molar-refractivity contribution in [3.8, 4) is 0 Å². The van der Waals surface area contributed by atoms with Crippen molar-refractivity contribution >= 4 is 17.9 Å². The molecule has 0 fully saturated rings. The fourth-order valence-electron chi connectivity index (χ4n) is 8.91. The van der Waals surface area contributed by atoms with Crippen LogP contribution in [0, 0.1) is 0 Å². The zero-order valence-corrected chi connectivity index (χ0v) is 48.8. The number of esters is 3. The maximum absolute atomic E-state index is 12.8. The van der Waals surface area contributed by atoms with E-state index in [4.69, 9.17) is 14.2 Å². The van der Waals surface area contributed by atoms with Crippen LogP contribution in [0.15, 0.2) is 85.1 Å². The lowest BCUT2D eigenvalue weighted by atomic mass is 10.0. The lowest BCUT2D eigenvalue weighted by Crippen LogP contribution is -2.30. The van der Waals surface area contributed by atoms with Gasteiger partial charge in [-0.3, -0.25) is 14.4 Å². The van der Waals surface area contributed by atoms with Crippen molar-refractivity contribution in [3.05, 3.63) is 85.1 Å². The molecular weight excluding hydrogens is 913 g/mol. The quantitative estimate of drug-likeness (QED) is 0.0261. The Labute approximate surface area is 458 Å². The number of rotatable bonds is 57. The molecule has 0 saturated carbocycles. The average Bonchev–Trinajstić information content (AvgIpc) is 3.40. The van der Waals surface area contributed by atoms with Gasteiger partial charge in [-0.05, 0) is 96.3 Å². The Kier molecular flexibility index (Phi) is 59.3. The third-order valence-corrected chi connectivity index (χ3v) is 13.6. The predicted octanol–water partition coefficient (Wildman–Crippen LogP) is 21.5. The van der Waals surface area contributed by atoms with Gasteiger partial charge in [0, 0.05) is 19.3 Å². The maximum Gasteiger partial charge on any atom is 0.306 e. The zero-order chi connectivity index (χ0) is 53.6. The van der Waals surface area contributed by atoms with E-state index in [1.807, 2.05) is 0 Å². The molecule has 6 nitrogen and oxygen atoms in total. The van der Waals surface area contributed by atoms with Crippen molar-refractivity contribution < 1.29 is 28.6 Å². The van der Waals surface area contributed by atoms with Crippen LogP contribution in [0.3, 0.4) is 0 Å². The third kappa shape index (κ3) is 59.5. The van der Waals surface area contributed by atoms with Gasteiger partial charge in [-0.15, -0.1) is 0 Å². The standard InChI is InChI=1S/C68H118O6/c1-4-7-10-13-15-17-19-21-23-25-27-28-29-30-31-32-33-34-35-36-37-38-39-40-41-43-44-46-48-50-52-55-58-61-67(70)73-64-65(63-72-66(69)60-57-54-12-9-6-3)74-68(71)62-59-56-53-51-49-47-45-42-26-24-22-20-18-16-14-11-8-5-2/h7,10,15,17-18,20-21,23-24,26-28,30-31,65H,4-6,8-9,11-14,16,19,22,25,29,32-64H2,1-3H3/b10-7-,17-15-,20-18-,23-21-,26-24-,28-27-,31-30-. The first kappa shape index (κ1) is 70.6. The molecule has 0 aliphatic rings. The number of hydrogen-bond acceptors (Lipinski definition) is 6. The lowest BCUT2D eigenvalue weighted by molar-refractivity contribution is -0.167. The van der Waals surface area contributed by atoms with E-state index >= 15 is 0 Å². The Hall–Kier alpha value is -3.41. The van der Waals surface area contributed by atoms with E-state index in [0.717, 1.165) is 109 Å². The second kappa shape index (κ2) is 62.1. The van der Waals surface area contributed by atoms with Gasteiger partial charge in [0.25, 0.3) is 0 Å². The van der Waals surface area contributed by atoms with E-state index < -0.39 is 6.10 Å². The van der Waals surface area contributed by atoms with Crippen molar-refractivity contribution in [2.75, 3.05) is 13.2 Å². The zero-order valence-electron chi connectivity index (χ0n) is 48.8. The van der Waals surface area contributed by atoms with Crippen molar-refractivity contribution in [3.63, 3.8) is 0 Å². The van der Waals surface area contributed by atoms with Crippen LogP contribution in [0.1, 0.15) is 310 Å². The minimum absolute atomic E-state index is 0.0765. The number of allylic oxidation sites excluding steroid dienone is 14. The van der Waals surface area contributed by atoms with Crippen LogP contribution in [0.5, 0.6) is 0 Å². The molecule has 1 atom stereocenters. The molecule has 0 radical (unpaired) electrons. The van der Waals surface area contributed by atoms with Crippen molar-refractivity contribution in [1.29, 1.82) is 0 Å². The molecule has 6 heteroatoms. The smallest absolute Gasteiger partial charge is 0.306 e. The number of carbonyl (C=O) groups is 3. The summed E-state index contributed by atoms with van der Waals surface area (Å²) in [6.07, 6.45) is 82.2. The van der Waals surface area contributed by atoms with E-state index in [1.165, 1.54) is 161 Å². The molecule has 0 amide bonds. The Morgan fingerprint density at radius 2 is 0.527 bits per heavy atom. The van der Waals surface area contributed by atoms with Crippen LogP contribution < -0.4 is 0 Å². The average molecular weight is 1030 g/mol. The fourth-order valence-corrected chi connectivity index (χ4v) is 8.91. The molecule has 0 N–H and O–H groups in total. The summed E-state index contributed by atoms with van der Waals surface area (Å²) in [6.45, 7) is 6.44. The summed E-state index contributed by atoms with van der Waals surface area (Å²) in [6, 6.07) is 0. The number of carbonyl (C=O) groups excluding carboxylic acids is 3. The molecule has 0 aromatic rings. The molecular formula is C68H118O6. The van der Waals surface area contributed by atoms with Crippen LogP contribution >= 0.6 is 0 Å². The first-order chi connectivity index (χ1) is 36.5. The van der Waals surface area contributed by atoms with Gasteiger partial charge in [0.05, 0.1) is 0 Å². The molecule has 0 aliphatic carbocycles. The summed E-state index contributed by atoms with van der Waals surface area (Å²) in [5.74, 6) is -0.888. The predicted molar refractivity (Wildman–Crippen MR) is 321 cm³/mol. The number of hydrogen-bond donors (Lipinski definition) is 0. The van der Waals surface area contributed by atoms with E-state index in [2.05, 4.69) is 106 Å². The Balaban J connectivity index is 3.97. The highest BCUT2D eigenvalue weighted by molar-refractivity contribution is 5.71. The monoisotopic (exact) mass is 1030 g/mol. The van der Waals surface area contributed by atoms with Gasteiger partial charge in [0.1, 0.15) is 13.2 Å². The lowest BCUT2D eigenvalue weighted by Gasteiger charge is -2.18. The van der Waals surface area contributed by atoms with Crippen LogP contribution in [0.25, 0.3) is 0 Å². The van der Waals surface area contributed by atoms with Crippen LogP contribution in [-0.4, -0.2) is 37.2 Å². The highest BCUT2D eigenvalue weighted by atomic mass is 16.6. The summed E-state index contributed by atoms with van der Waals surface area (Å²) in [5.41, 5.74) is 0. The first-order valence-electron chi connectivity index (χ1n) is 31.6. The van der Waals surface area contributed by atoms with Gasteiger partial charge in [-0.2, -0.15) is 0 Å². The molecule has 0 bridgehead atoms. The molecule has 0 aromatic heterocycles. The van der Waals surface area contributed by atoms with Gasteiger partial charge in [0.2, 0.25) is 0 Å². The topological polar surface area (TPSA) is 78.9 Å². The van der Waals surface area contributed by atoms with Crippen LogP contribution in [0.4, 0.5) is 0 Å². The largest absolute Gasteiger partial charge is 0.462 e. The summed E-state index contributed by atoms with van der Waals surface area (Å²) < 4.78 is 16.8. The highest BCUT2D eigenvalue weighted by Gasteiger charge is 2.19. The molecule has 0 spiro atoms. The van der Waals surface area contributed by atoms with Gasteiger partial charge in [-0.25, -0.2) is 0 Å². The highest BCUT2D eigenvalue weighted by Crippen LogP contribution is 2.17. The molecule has 0 heterocycles. The molecule has 0 aliphatic heterocycles. The van der Waals surface area contributed by atoms with E-state index in [-0.39, 0.29) is 31.1 Å². The Morgan fingerprint density at radius 1 is 0.284 bits per heavy atom. The van der Waals surface area contributed by atoms with Gasteiger partial charge >= 0.3 is 17.9 Å². The van der Waals surface area contributed by atoms with Gasteiger partial charge in [0.15, 0.2) is 6.10 Å². The normalized spacial score (nSPS) is 12.6. The molecule has 426 valence electrons. The molecule has 74 heavy (non-hydrogen) atoms. The Bertz CT molecular complexity index is 1420. The van der Waals surface area contributed by atoms with Crippen molar-refractivity contribution in [1.82, 2.24) is 0 Å². The van der Waals surface area contributed by atoms with E-state index in [0.29, 0.717) is 19.3 Å². The van der Waals surface area contributed by atoms with Crippen LogP contribution in [-0.2, 0) is 28.6 Å². The number of unbranched alkanes of at least 4 members (excludes halogenated alkanes) is 32. The van der Waals surface area contributed by atoms with E-state index in [9.17, 15) is 14.4 Å². The van der Waals surface area contributed by atoms with Gasteiger partial charge < -0.3 is 14.2 Å². The fraction of sp³-hybridized carbons (Fsp3) is 0.750. The SMILES string of the molecule is CC/C=C\C/C=C\C/C=C\C/C=C\C/C=C\CCCCCCCCCCCCCCCCCCCC(=O)OCC(COC(=O)CCCCCCC)OC(=O)CCCCCCCCC/C=C\C/C=C\CCCCCC. The molecule has 0 rings (SSSR count). The van der Waals surface area contributed by atoms with Gasteiger partial charge in [-0.1, -0.05) is 279 Å². The minimum atomic E-state index is -0.775. The second-order valence-corrected chi connectivity index (χ2v) is 20.9.